The van der Waals surface area contributed by atoms with Gasteiger partial charge in [-0.1, -0.05) is 19.9 Å². The van der Waals surface area contributed by atoms with E-state index in [2.05, 4.69) is 23.7 Å². The number of hydrogen-bond donors (Lipinski definition) is 0. The zero-order chi connectivity index (χ0) is 14.0. The molecule has 0 amide bonds. The summed E-state index contributed by atoms with van der Waals surface area (Å²) in [5.41, 5.74) is 0.421. The normalized spacial score (nSPS) is 14.0. The van der Waals surface area contributed by atoms with Crippen LogP contribution in [0.1, 0.15) is 40.0 Å². The van der Waals surface area contributed by atoms with Crippen molar-refractivity contribution in [3.63, 3.8) is 0 Å². The first-order valence-corrected chi connectivity index (χ1v) is 6.89. The molecule has 103 valence electrons. The minimum absolute atomic E-state index is 0.125. The molecule has 18 heavy (non-hydrogen) atoms. The van der Waals surface area contributed by atoms with Crippen LogP contribution in [0.4, 0.5) is 0 Å². The standard InChI is InChI=1S/C13H23O4Si/c1-5-7-11(17-12(14)10(3)4)8-9-16-13(18)15-6-2/h11,13H,3,5-9H2,1-2,4H3. The van der Waals surface area contributed by atoms with Crippen molar-refractivity contribution >= 4 is 16.2 Å². The van der Waals surface area contributed by atoms with Crippen LogP contribution in [0.2, 0.25) is 0 Å². The van der Waals surface area contributed by atoms with Crippen LogP contribution in [0.15, 0.2) is 12.2 Å². The van der Waals surface area contributed by atoms with Crippen LogP contribution in [0.3, 0.4) is 0 Å². The Morgan fingerprint density at radius 1 is 1.28 bits per heavy atom. The fourth-order valence-electron chi connectivity index (χ4n) is 1.34. The van der Waals surface area contributed by atoms with Gasteiger partial charge in [0.25, 0.3) is 0 Å². The molecule has 0 N–H and O–H groups in total. The number of esters is 1. The predicted octanol–water partition coefficient (Wildman–Crippen LogP) is 2.17. The van der Waals surface area contributed by atoms with Crippen LogP contribution in [-0.2, 0) is 19.0 Å². The van der Waals surface area contributed by atoms with Crippen LogP contribution in [-0.4, -0.2) is 41.4 Å². The Bertz CT molecular complexity index is 255. The van der Waals surface area contributed by atoms with Gasteiger partial charge >= 0.3 is 5.97 Å². The lowest BCUT2D eigenvalue weighted by atomic mass is 10.1. The van der Waals surface area contributed by atoms with Crippen LogP contribution >= 0.6 is 0 Å². The fraction of sp³-hybridized carbons (Fsp3) is 0.769. The van der Waals surface area contributed by atoms with Gasteiger partial charge in [-0.05, 0) is 20.3 Å². The fourth-order valence-corrected chi connectivity index (χ4v) is 1.63. The third-order valence-electron chi connectivity index (χ3n) is 2.26. The molecule has 0 fully saturated rings. The van der Waals surface area contributed by atoms with E-state index in [1.165, 1.54) is 0 Å². The molecular weight excluding hydrogens is 248 g/mol. The summed E-state index contributed by atoms with van der Waals surface area (Å²) in [6.07, 6.45) is 2.31. The van der Waals surface area contributed by atoms with Crippen molar-refractivity contribution in [2.24, 2.45) is 0 Å². The Hall–Kier alpha value is -0.653. The summed E-state index contributed by atoms with van der Waals surface area (Å²) in [5, 5.41) is 0. The lowest BCUT2D eigenvalue weighted by molar-refractivity contribution is -0.146. The van der Waals surface area contributed by atoms with Gasteiger partial charge in [0.05, 0.1) is 6.61 Å². The van der Waals surface area contributed by atoms with Crippen LogP contribution in [0, 0.1) is 0 Å². The summed E-state index contributed by atoms with van der Waals surface area (Å²) in [7, 11) is 3.29. The summed E-state index contributed by atoms with van der Waals surface area (Å²) in [4.78, 5) is 11.4. The third-order valence-corrected chi connectivity index (χ3v) is 2.59. The Labute approximate surface area is 113 Å². The lowest BCUT2D eigenvalue weighted by Crippen LogP contribution is -2.23. The summed E-state index contributed by atoms with van der Waals surface area (Å²) < 4.78 is 15.9. The van der Waals surface area contributed by atoms with E-state index in [9.17, 15) is 4.79 Å². The molecule has 4 nitrogen and oxygen atoms in total. The molecule has 0 aliphatic rings. The third kappa shape index (κ3) is 8.44. The number of rotatable bonds is 10. The molecule has 0 aliphatic carbocycles. The van der Waals surface area contributed by atoms with E-state index >= 15 is 0 Å². The van der Waals surface area contributed by atoms with Crippen molar-refractivity contribution in [1.29, 1.82) is 0 Å². The van der Waals surface area contributed by atoms with Gasteiger partial charge in [0.2, 0.25) is 0 Å². The zero-order valence-corrected chi connectivity index (χ0v) is 12.5. The molecule has 0 bridgehead atoms. The van der Waals surface area contributed by atoms with Gasteiger partial charge in [-0.3, -0.25) is 0 Å². The van der Waals surface area contributed by atoms with E-state index in [4.69, 9.17) is 14.2 Å². The predicted molar refractivity (Wildman–Crippen MR) is 71.3 cm³/mol. The molecule has 0 heterocycles. The Morgan fingerprint density at radius 3 is 2.44 bits per heavy atom. The van der Waals surface area contributed by atoms with Crippen LogP contribution < -0.4 is 0 Å². The maximum absolute atomic E-state index is 11.4. The number of ether oxygens (including phenoxy) is 3. The van der Waals surface area contributed by atoms with Crippen LogP contribution in [0.5, 0.6) is 0 Å². The van der Waals surface area contributed by atoms with Gasteiger partial charge in [0, 0.05) is 18.6 Å². The van der Waals surface area contributed by atoms with Gasteiger partial charge in [-0.15, -0.1) is 0 Å². The van der Waals surface area contributed by atoms with Crippen molar-refractivity contribution in [3.8, 4) is 0 Å². The maximum Gasteiger partial charge on any atom is 0.333 e. The highest BCUT2D eigenvalue weighted by Gasteiger charge is 2.14. The number of hydrogen-bond acceptors (Lipinski definition) is 4. The first-order valence-electron chi connectivity index (χ1n) is 6.32. The molecule has 5 heteroatoms. The highest BCUT2D eigenvalue weighted by atomic mass is 28.1. The summed E-state index contributed by atoms with van der Waals surface area (Å²) in [6.45, 7) is 10.2. The molecule has 2 atom stereocenters. The monoisotopic (exact) mass is 271 g/mol. The second-order valence-corrected chi connectivity index (χ2v) is 4.51. The van der Waals surface area contributed by atoms with Gasteiger partial charge in [0.1, 0.15) is 22.3 Å². The summed E-state index contributed by atoms with van der Waals surface area (Å²) in [5.74, 6) is -0.748. The first kappa shape index (κ1) is 17.3. The Balaban J connectivity index is 3.96. The highest BCUT2D eigenvalue weighted by Crippen LogP contribution is 2.10. The van der Waals surface area contributed by atoms with E-state index in [1.54, 1.807) is 6.92 Å². The first-order chi connectivity index (χ1) is 8.51. The molecule has 2 unspecified atom stereocenters. The smallest absolute Gasteiger partial charge is 0.333 e. The van der Waals surface area contributed by atoms with Crippen molar-refractivity contribution < 1.29 is 19.0 Å². The Morgan fingerprint density at radius 2 is 1.94 bits per heavy atom. The van der Waals surface area contributed by atoms with E-state index in [0.717, 1.165) is 12.8 Å². The molecule has 0 aromatic rings. The molecule has 3 radical (unpaired) electrons. The van der Waals surface area contributed by atoms with Gasteiger partial charge in [0.15, 0.2) is 0 Å². The molecule has 0 aromatic heterocycles. The van der Waals surface area contributed by atoms with Crippen LogP contribution in [0.25, 0.3) is 0 Å². The number of carbonyl (C=O) groups excluding carboxylic acids is 1. The SMILES string of the molecule is C=C(C)C(=O)OC(CCC)CCOC([Si])OCC. The molecule has 0 rings (SSSR count). The summed E-state index contributed by atoms with van der Waals surface area (Å²) in [6, 6.07) is 0. The topological polar surface area (TPSA) is 44.8 Å². The highest BCUT2D eigenvalue weighted by molar-refractivity contribution is 6.10. The Kier molecular flexibility index (Phi) is 9.91. The molecule has 0 spiro atoms. The minimum atomic E-state index is -0.408. The average Bonchev–Trinajstić information content (AvgIpc) is 2.29. The van der Waals surface area contributed by atoms with Gasteiger partial charge in [-0.25, -0.2) is 4.79 Å². The van der Waals surface area contributed by atoms with Crippen molar-refractivity contribution in [3.05, 3.63) is 12.2 Å². The molecular formula is C13H23O4Si. The van der Waals surface area contributed by atoms with E-state index in [-0.39, 0.29) is 12.1 Å². The molecule has 0 aromatic carbocycles. The second kappa shape index (κ2) is 10.3. The minimum Gasteiger partial charge on any atom is -0.459 e. The molecule has 0 saturated carbocycles. The largest absolute Gasteiger partial charge is 0.459 e. The van der Waals surface area contributed by atoms with Crippen molar-refractivity contribution in [1.82, 2.24) is 0 Å². The van der Waals surface area contributed by atoms with Crippen molar-refractivity contribution in [2.45, 2.75) is 52.1 Å². The summed E-state index contributed by atoms with van der Waals surface area (Å²) >= 11 is 0. The molecule has 0 saturated heterocycles. The second-order valence-electron chi connectivity index (χ2n) is 4.04. The lowest BCUT2D eigenvalue weighted by Gasteiger charge is -2.19. The van der Waals surface area contributed by atoms with Gasteiger partial charge in [-0.2, -0.15) is 0 Å². The van der Waals surface area contributed by atoms with E-state index in [0.29, 0.717) is 25.2 Å². The van der Waals surface area contributed by atoms with E-state index in [1.807, 2.05) is 6.92 Å². The van der Waals surface area contributed by atoms with Crippen molar-refractivity contribution in [2.75, 3.05) is 13.2 Å². The van der Waals surface area contributed by atoms with E-state index < -0.39 is 5.91 Å². The quantitative estimate of drug-likeness (QED) is 0.264. The zero-order valence-electron chi connectivity index (χ0n) is 11.5. The van der Waals surface area contributed by atoms with Gasteiger partial charge < -0.3 is 14.2 Å². The average molecular weight is 271 g/mol. The number of carbonyl (C=O) groups is 1. The molecule has 0 aliphatic heterocycles. The maximum atomic E-state index is 11.4.